The minimum atomic E-state index is -0.0507. The van der Waals surface area contributed by atoms with E-state index in [1.165, 1.54) is 12.8 Å². The van der Waals surface area contributed by atoms with Crippen LogP contribution in [0.2, 0.25) is 0 Å². The van der Waals surface area contributed by atoms with E-state index in [1.807, 2.05) is 35.2 Å². The lowest BCUT2D eigenvalue weighted by molar-refractivity contribution is -0.132. The number of likely N-dealkylation sites (tertiary alicyclic amines) is 1. The zero-order chi connectivity index (χ0) is 18.2. The maximum atomic E-state index is 12.9. The summed E-state index contributed by atoms with van der Waals surface area (Å²) in [5, 5.41) is 10.0. The van der Waals surface area contributed by atoms with Gasteiger partial charge in [-0.15, -0.1) is 0 Å². The first-order valence-corrected chi connectivity index (χ1v) is 9.73. The summed E-state index contributed by atoms with van der Waals surface area (Å²) in [5.74, 6) is 0.972. The second-order valence-corrected chi connectivity index (χ2v) is 7.41. The first kappa shape index (κ1) is 19.9. The summed E-state index contributed by atoms with van der Waals surface area (Å²) in [6.07, 6.45) is 3.86. The van der Waals surface area contributed by atoms with Crippen molar-refractivity contribution in [3.63, 3.8) is 0 Å². The molecule has 0 unspecified atom stereocenters. The smallest absolute Gasteiger partial charge is 0.227 e. The van der Waals surface area contributed by atoms with Gasteiger partial charge in [-0.2, -0.15) is 0 Å². The van der Waals surface area contributed by atoms with Gasteiger partial charge in [-0.1, -0.05) is 57.0 Å². The molecule has 4 heteroatoms. The lowest BCUT2D eigenvalue weighted by Gasteiger charge is -2.30. The molecule has 1 aromatic rings. The number of unbranched alkanes of at least 4 members (excludes halogenated alkanes) is 1. The molecule has 4 nitrogen and oxygen atoms in total. The van der Waals surface area contributed by atoms with Crippen molar-refractivity contribution < 1.29 is 9.90 Å². The van der Waals surface area contributed by atoms with E-state index < -0.39 is 0 Å². The molecule has 1 heterocycles. The molecule has 25 heavy (non-hydrogen) atoms. The summed E-state index contributed by atoms with van der Waals surface area (Å²) >= 11 is 0. The molecule has 1 aromatic carbocycles. The molecule has 1 aliphatic rings. The zero-order valence-electron chi connectivity index (χ0n) is 16.0. The van der Waals surface area contributed by atoms with Crippen LogP contribution in [0.5, 0.6) is 0 Å². The van der Waals surface area contributed by atoms with Crippen LogP contribution in [0.25, 0.3) is 0 Å². The van der Waals surface area contributed by atoms with Gasteiger partial charge in [0.2, 0.25) is 5.91 Å². The third kappa shape index (κ3) is 5.29. The van der Waals surface area contributed by atoms with E-state index in [0.717, 1.165) is 31.6 Å². The Labute approximate surface area is 152 Å². The number of rotatable bonds is 9. The zero-order valence-corrected chi connectivity index (χ0v) is 16.0. The molecule has 0 bridgehead atoms. The lowest BCUT2D eigenvalue weighted by atomic mass is 9.88. The summed E-state index contributed by atoms with van der Waals surface area (Å²) in [5.41, 5.74) is 1.04. The van der Waals surface area contributed by atoms with Gasteiger partial charge in [0.15, 0.2) is 0 Å². The third-order valence-corrected chi connectivity index (χ3v) is 5.58. The van der Waals surface area contributed by atoms with E-state index in [2.05, 4.69) is 25.8 Å². The second kappa shape index (κ2) is 9.93. The van der Waals surface area contributed by atoms with Crippen molar-refractivity contribution in [1.29, 1.82) is 0 Å². The van der Waals surface area contributed by atoms with Crippen molar-refractivity contribution in [2.24, 2.45) is 11.8 Å². The van der Waals surface area contributed by atoms with E-state index in [4.69, 9.17) is 0 Å². The first-order valence-electron chi connectivity index (χ1n) is 9.73. The molecular weight excluding hydrogens is 312 g/mol. The van der Waals surface area contributed by atoms with Crippen LogP contribution in [0, 0.1) is 11.8 Å². The van der Waals surface area contributed by atoms with Gasteiger partial charge in [0.25, 0.3) is 0 Å². The van der Waals surface area contributed by atoms with Gasteiger partial charge in [-0.05, 0) is 37.4 Å². The minimum absolute atomic E-state index is 0.0507. The predicted octanol–water partition coefficient (Wildman–Crippen LogP) is 2.81. The first-order chi connectivity index (χ1) is 12.1. The molecule has 0 aliphatic carbocycles. The number of nitrogens with zero attached hydrogens (tertiary/aromatic N) is 2. The molecular formula is C21H34N2O2. The van der Waals surface area contributed by atoms with Gasteiger partial charge in [-0.25, -0.2) is 0 Å². The van der Waals surface area contributed by atoms with E-state index in [9.17, 15) is 9.90 Å². The number of carbonyl (C=O) groups excluding carboxylic acids is 1. The summed E-state index contributed by atoms with van der Waals surface area (Å²) < 4.78 is 0. The fraction of sp³-hybridized carbons (Fsp3) is 0.667. The van der Waals surface area contributed by atoms with Crippen LogP contribution in [-0.4, -0.2) is 60.1 Å². The van der Waals surface area contributed by atoms with Crippen LogP contribution in [0.4, 0.5) is 0 Å². The van der Waals surface area contributed by atoms with Gasteiger partial charge in [0, 0.05) is 13.1 Å². The molecule has 0 radical (unpaired) electrons. The average Bonchev–Trinajstić information content (AvgIpc) is 2.98. The number of hydrogen-bond acceptors (Lipinski definition) is 3. The van der Waals surface area contributed by atoms with Crippen LogP contribution in [-0.2, 0) is 11.2 Å². The number of hydrogen-bond donors (Lipinski definition) is 1. The van der Waals surface area contributed by atoms with Crippen molar-refractivity contribution in [2.45, 2.75) is 45.6 Å². The van der Waals surface area contributed by atoms with Gasteiger partial charge < -0.3 is 14.9 Å². The molecule has 0 aromatic heterocycles. The number of carbonyl (C=O) groups is 1. The highest BCUT2D eigenvalue weighted by atomic mass is 16.3. The molecule has 0 spiro atoms. The van der Waals surface area contributed by atoms with E-state index in [0.29, 0.717) is 18.3 Å². The quantitative estimate of drug-likeness (QED) is 0.748. The summed E-state index contributed by atoms with van der Waals surface area (Å²) in [6, 6.07) is 9.85. The van der Waals surface area contributed by atoms with Crippen molar-refractivity contribution >= 4 is 5.91 Å². The van der Waals surface area contributed by atoms with Crippen LogP contribution >= 0.6 is 0 Å². The second-order valence-electron chi connectivity index (χ2n) is 7.41. The van der Waals surface area contributed by atoms with Crippen LogP contribution in [0.15, 0.2) is 30.3 Å². The molecule has 1 aliphatic heterocycles. The summed E-state index contributed by atoms with van der Waals surface area (Å²) in [7, 11) is 2.16. The van der Waals surface area contributed by atoms with E-state index in [1.54, 1.807) is 0 Å². The Bertz CT molecular complexity index is 520. The largest absolute Gasteiger partial charge is 0.394 e. The molecule has 1 saturated heterocycles. The van der Waals surface area contributed by atoms with E-state index in [-0.39, 0.29) is 18.6 Å². The number of aliphatic hydroxyl groups excluding tert-OH is 1. The number of amides is 1. The Morgan fingerprint density at radius 3 is 2.60 bits per heavy atom. The Balaban J connectivity index is 2.05. The fourth-order valence-electron chi connectivity index (χ4n) is 4.04. The standard InChI is InChI=1S/C21H34N2O2/c1-4-6-12-22(3)15-19-18(5-2)14-23(20(19)16-24)21(25)13-17-10-8-7-9-11-17/h7-11,18-20,24H,4-6,12-16H2,1-3H3/t18-,19-,20-/m1/s1. The molecule has 0 saturated carbocycles. The molecule has 3 atom stereocenters. The molecule has 1 amide bonds. The van der Waals surface area contributed by atoms with Gasteiger partial charge in [0.1, 0.15) is 0 Å². The maximum absolute atomic E-state index is 12.9. The molecule has 2 rings (SSSR count). The minimum Gasteiger partial charge on any atom is -0.394 e. The highest BCUT2D eigenvalue weighted by molar-refractivity contribution is 5.79. The average molecular weight is 347 g/mol. The van der Waals surface area contributed by atoms with Gasteiger partial charge in [0.05, 0.1) is 19.1 Å². The Hall–Kier alpha value is -1.39. The summed E-state index contributed by atoms with van der Waals surface area (Å²) in [6.45, 7) is 7.28. The van der Waals surface area contributed by atoms with Crippen LogP contribution < -0.4 is 0 Å². The van der Waals surface area contributed by atoms with Gasteiger partial charge in [-0.3, -0.25) is 4.79 Å². The Morgan fingerprint density at radius 1 is 1.28 bits per heavy atom. The predicted molar refractivity (Wildman–Crippen MR) is 102 cm³/mol. The van der Waals surface area contributed by atoms with Crippen LogP contribution in [0.3, 0.4) is 0 Å². The summed E-state index contributed by atoms with van der Waals surface area (Å²) in [4.78, 5) is 17.2. The SMILES string of the molecule is CCCCN(C)C[C@@H]1[C@H](CC)CN(C(=O)Cc2ccccc2)[C@@H]1CO. The van der Waals surface area contributed by atoms with Crippen molar-refractivity contribution in [3.8, 4) is 0 Å². The fourth-order valence-corrected chi connectivity index (χ4v) is 4.04. The lowest BCUT2D eigenvalue weighted by Crippen LogP contribution is -2.43. The Kier molecular flexibility index (Phi) is 7.91. The topological polar surface area (TPSA) is 43.8 Å². The number of aliphatic hydroxyl groups is 1. The highest BCUT2D eigenvalue weighted by Gasteiger charge is 2.42. The third-order valence-electron chi connectivity index (χ3n) is 5.58. The monoisotopic (exact) mass is 346 g/mol. The van der Waals surface area contributed by atoms with Crippen molar-refractivity contribution in [1.82, 2.24) is 9.80 Å². The van der Waals surface area contributed by atoms with Gasteiger partial charge >= 0.3 is 0 Å². The molecule has 140 valence electrons. The molecule has 1 N–H and O–H groups in total. The Morgan fingerprint density at radius 2 is 2.00 bits per heavy atom. The maximum Gasteiger partial charge on any atom is 0.227 e. The van der Waals surface area contributed by atoms with Crippen molar-refractivity contribution in [3.05, 3.63) is 35.9 Å². The number of benzene rings is 1. The van der Waals surface area contributed by atoms with Crippen LogP contribution in [0.1, 0.15) is 38.7 Å². The normalized spacial score (nSPS) is 23.4. The molecule has 1 fully saturated rings. The van der Waals surface area contributed by atoms with Crippen molar-refractivity contribution in [2.75, 3.05) is 33.3 Å². The highest BCUT2D eigenvalue weighted by Crippen LogP contribution is 2.33. The van der Waals surface area contributed by atoms with E-state index >= 15 is 0 Å².